The normalized spacial score (nSPS) is 44.7. The molecule has 1 aliphatic heterocycles. The van der Waals surface area contributed by atoms with Crippen LogP contribution in [0.5, 0.6) is 0 Å². The number of fused-ring (bicyclic) bond motifs is 2. The van der Waals surface area contributed by atoms with Gasteiger partial charge in [0.05, 0.1) is 11.3 Å². The summed E-state index contributed by atoms with van der Waals surface area (Å²) in [6.45, 7) is 8.95. The lowest BCUT2D eigenvalue weighted by molar-refractivity contribution is -0.0195. The first-order valence-electron chi connectivity index (χ1n) is 11.0. The Bertz CT molecular complexity index is 965. The molecule has 7 atom stereocenters. The van der Waals surface area contributed by atoms with Crippen LogP contribution in [0.25, 0.3) is 0 Å². The maximum atomic E-state index is 15.2. The second-order valence-electron chi connectivity index (χ2n) is 10.9. The Balaban J connectivity index is 1.68. The van der Waals surface area contributed by atoms with Gasteiger partial charge in [0.25, 0.3) is 0 Å². The Kier molecular flexibility index (Phi) is 4.11. The van der Waals surface area contributed by atoms with Gasteiger partial charge in [-0.2, -0.15) is 0 Å². The molecule has 0 amide bonds. The smallest absolute Gasteiger partial charge is 0.108 e. The van der Waals surface area contributed by atoms with E-state index in [1.807, 2.05) is 43.3 Å². The molecule has 2 saturated carbocycles. The Morgan fingerprint density at radius 3 is 2.14 bits per heavy atom. The molecule has 2 aliphatic carbocycles. The second-order valence-corrected chi connectivity index (χ2v) is 14.3. The predicted molar refractivity (Wildman–Crippen MR) is 119 cm³/mol. The first-order valence-corrected chi connectivity index (χ1v) is 13.0. The van der Waals surface area contributed by atoms with Gasteiger partial charge >= 0.3 is 0 Å². The molecule has 3 aliphatic rings. The third kappa shape index (κ3) is 2.55. The minimum Gasteiger partial charge on any atom is -0.389 e. The lowest BCUT2D eigenvalue weighted by atomic mass is 9.69. The quantitative estimate of drug-likeness (QED) is 0.589. The summed E-state index contributed by atoms with van der Waals surface area (Å²) >= 11 is 0. The molecule has 1 N–H and O–H groups in total. The Labute approximate surface area is 175 Å². The predicted octanol–water partition coefficient (Wildman–Crippen LogP) is 6.50. The summed E-state index contributed by atoms with van der Waals surface area (Å²) in [6, 6.07) is 20.5. The van der Waals surface area contributed by atoms with Crippen molar-refractivity contribution in [2.24, 2.45) is 23.2 Å². The summed E-state index contributed by atoms with van der Waals surface area (Å²) in [7, 11) is -2.81. The topological polar surface area (TPSA) is 37.3 Å². The maximum Gasteiger partial charge on any atom is 0.108 e. The van der Waals surface area contributed by atoms with Crippen LogP contribution < -0.4 is 0 Å². The van der Waals surface area contributed by atoms with Gasteiger partial charge in [0, 0.05) is 17.2 Å². The Morgan fingerprint density at radius 1 is 0.931 bits per heavy atom. The van der Waals surface area contributed by atoms with E-state index in [1.165, 1.54) is 0 Å². The van der Waals surface area contributed by atoms with E-state index in [0.717, 1.165) is 24.0 Å². The summed E-state index contributed by atoms with van der Waals surface area (Å²) in [4.78, 5) is 0. The summed E-state index contributed by atoms with van der Waals surface area (Å²) < 4.78 is 15.2. The standard InChI is InChI=1S/C26H33O2P/c1-24(2)20-15-22-25(3,16-21(20)24)29(28,17-18-11-7-5-8-12-18)23(26(22,4)27)19-13-9-6-10-14-19/h5-14,20-23,27H,15-17H2,1-4H3/t20-,21+,22-,23+,25-,26-,29+/m1/s1. The van der Waals surface area contributed by atoms with Gasteiger partial charge < -0.3 is 9.67 Å². The molecule has 2 aromatic carbocycles. The fourth-order valence-electron chi connectivity index (χ4n) is 7.36. The number of hydrogen-bond acceptors (Lipinski definition) is 2. The van der Waals surface area contributed by atoms with Gasteiger partial charge in [0.2, 0.25) is 0 Å². The van der Waals surface area contributed by atoms with Crippen molar-refractivity contribution >= 4 is 7.14 Å². The van der Waals surface area contributed by atoms with E-state index in [9.17, 15) is 5.11 Å². The second kappa shape index (κ2) is 6.08. The SMILES string of the molecule is CC1(C)[C@@H]2C[C@H]3[C@@](C)(O)[C@H](c4ccccc4)[P@@](=O)(Cc4ccccc4)[C@]3(C)C[C@@H]21. The molecule has 0 bridgehead atoms. The van der Waals surface area contributed by atoms with E-state index in [0.29, 0.717) is 23.4 Å². The molecule has 0 radical (unpaired) electrons. The highest BCUT2D eigenvalue weighted by Gasteiger charge is 2.76. The molecule has 29 heavy (non-hydrogen) atoms. The number of rotatable bonds is 3. The molecule has 1 heterocycles. The van der Waals surface area contributed by atoms with Crippen molar-refractivity contribution in [3.63, 3.8) is 0 Å². The summed E-state index contributed by atoms with van der Waals surface area (Å²) in [5.41, 5.74) is 1.24. The molecular formula is C26H33O2P. The molecule has 3 heteroatoms. The lowest BCUT2D eigenvalue weighted by Gasteiger charge is -2.42. The van der Waals surface area contributed by atoms with Crippen LogP contribution in [0.1, 0.15) is 57.3 Å². The first-order chi connectivity index (χ1) is 13.6. The van der Waals surface area contributed by atoms with Crippen molar-refractivity contribution < 1.29 is 9.67 Å². The van der Waals surface area contributed by atoms with E-state index in [4.69, 9.17) is 0 Å². The molecule has 2 aromatic rings. The number of benzene rings is 2. The van der Waals surface area contributed by atoms with Crippen LogP contribution in [0, 0.1) is 23.2 Å². The van der Waals surface area contributed by atoms with E-state index in [-0.39, 0.29) is 16.7 Å². The van der Waals surface area contributed by atoms with Gasteiger partial charge in [0.15, 0.2) is 0 Å². The average Bonchev–Trinajstić information content (AvgIpc) is 3.16. The fraction of sp³-hybridized carbons (Fsp3) is 0.538. The van der Waals surface area contributed by atoms with Crippen LogP contribution in [0.15, 0.2) is 60.7 Å². The molecule has 0 aromatic heterocycles. The molecule has 1 saturated heterocycles. The van der Waals surface area contributed by atoms with Gasteiger partial charge in [0.1, 0.15) is 7.14 Å². The lowest BCUT2D eigenvalue weighted by Crippen LogP contribution is -2.44. The van der Waals surface area contributed by atoms with E-state index in [1.54, 1.807) is 0 Å². The van der Waals surface area contributed by atoms with Crippen LogP contribution in [0.4, 0.5) is 0 Å². The molecule has 0 spiro atoms. The molecule has 5 rings (SSSR count). The van der Waals surface area contributed by atoms with E-state index >= 15 is 4.57 Å². The minimum atomic E-state index is -2.81. The molecule has 154 valence electrons. The van der Waals surface area contributed by atoms with Crippen molar-refractivity contribution in [1.29, 1.82) is 0 Å². The van der Waals surface area contributed by atoms with E-state index in [2.05, 4.69) is 45.0 Å². The zero-order chi connectivity index (χ0) is 20.7. The monoisotopic (exact) mass is 408 g/mol. The van der Waals surface area contributed by atoms with Crippen molar-refractivity contribution in [3.05, 3.63) is 71.8 Å². The highest BCUT2D eigenvalue weighted by molar-refractivity contribution is 7.65. The Hall–Kier alpha value is -1.37. The summed E-state index contributed by atoms with van der Waals surface area (Å²) in [5, 5.41) is 11.7. The Morgan fingerprint density at radius 2 is 1.52 bits per heavy atom. The summed E-state index contributed by atoms with van der Waals surface area (Å²) in [6.07, 6.45) is 2.57. The first kappa shape index (κ1) is 19.6. The highest BCUT2D eigenvalue weighted by atomic mass is 31.2. The molecule has 0 unspecified atom stereocenters. The minimum absolute atomic E-state index is 0.0813. The maximum absolute atomic E-state index is 15.2. The number of hydrogen-bond donors (Lipinski definition) is 1. The van der Waals surface area contributed by atoms with Gasteiger partial charge in [-0.05, 0) is 48.1 Å². The van der Waals surface area contributed by atoms with Gasteiger partial charge in [-0.3, -0.25) is 0 Å². The van der Waals surface area contributed by atoms with Crippen LogP contribution in [-0.2, 0) is 10.7 Å². The fourth-order valence-corrected chi connectivity index (χ4v) is 12.3. The molecule has 3 fully saturated rings. The average molecular weight is 409 g/mol. The van der Waals surface area contributed by atoms with Gasteiger partial charge in [-0.25, -0.2) is 0 Å². The van der Waals surface area contributed by atoms with Crippen LogP contribution in [0.2, 0.25) is 0 Å². The zero-order valence-corrected chi connectivity index (χ0v) is 18.9. The van der Waals surface area contributed by atoms with Crippen LogP contribution in [-0.4, -0.2) is 15.9 Å². The van der Waals surface area contributed by atoms with Crippen molar-refractivity contribution in [3.8, 4) is 0 Å². The van der Waals surface area contributed by atoms with Crippen molar-refractivity contribution in [2.75, 3.05) is 0 Å². The highest BCUT2D eigenvalue weighted by Crippen LogP contribution is 2.87. The molecule has 2 nitrogen and oxygen atoms in total. The van der Waals surface area contributed by atoms with Crippen LogP contribution in [0.3, 0.4) is 0 Å². The van der Waals surface area contributed by atoms with Gasteiger partial charge in [-0.1, -0.05) is 81.4 Å². The van der Waals surface area contributed by atoms with Crippen LogP contribution >= 0.6 is 7.14 Å². The van der Waals surface area contributed by atoms with Crippen molar-refractivity contribution in [2.45, 2.75) is 63.1 Å². The summed E-state index contributed by atoms with van der Waals surface area (Å²) in [5.74, 6) is 1.38. The molecular weight excluding hydrogens is 375 g/mol. The largest absolute Gasteiger partial charge is 0.389 e. The van der Waals surface area contributed by atoms with E-state index < -0.39 is 12.7 Å². The zero-order valence-electron chi connectivity index (χ0n) is 18.0. The van der Waals surface area contributed by atoms with Crippen molar-refractivity contribution in [1.82, 2.24) is 0 Å². The number of aliphatic hydroxyl groups is 1. The van der Waals surface area contributed by atoms with Gasteiger partial charge in [-0.15, -0.1) is 0 Å². The third-order valence-corrected chi connectivity index (χ3v) is 13.8. The third-order valence-electron chi connectivity index (χ3n) is 9.08.